The minimum Gasteiger partial charge on any atom is -0.386 e. The minimum absolute atomic E-state index is 0.0317. The number of nitrogen functional groups attached to an aromatic ring is 2. The van der Waals surface area contributed by atoms with Gasteiger partial charge in [-0.3, -0.25) is 65.0 Å². The van der Waals surface area contributed by atoms with Crippen LogP contribution in [0.1, 0.15) is 170 Å². The number of thioether (sulfide) groups is 2. The summed E-state index contributed by atoms with van der Waals surface area (Å²) in [5, 5.41) is 52.7. The maximum absolute atomic E-state index is 12.7. The fraction of sp³-hybridized carbons (Fsp3) is 0.697. The first kappa shape index (κ1) is 107. The van der Waals surface area contributed by atoms with Crippen LogP contribution in [-0.2, 0) is 101 Å². The number of anilines is 2. The van der Waals surface area contributed by atoms with Crippen molar-refractivity contribution in [2.45, 2.75) is 218 Å². The van der Waals surface area contributed by atoms with Crippen molar-refractivity contribution in [2.75, 3.05) is 75.6 Å². The van der Waals surface area contributed by atoms with Gasteiger partial charge in [0.1, 0.15) is 72.5 Å². The van der Waals surface area contributed by atoms with Crippen molar-refractivity contribution >= 4 is 138 Å². The molecule has 14 atom stereocenters. The van der Waals surface area contributed by atoms with Crippen molar-refractivity contribution < 1.29 is 161 Å². The van der Waals surface area contributed by atoms with Crippen LogP contribution in [0, 0.1) is 10.8 Å². The molecule has 2 aliphatic heterocycles. The number of ether oxygens (including phenoxy) is 2. The number of aliphatic hydroxyl groups excluding tert-OH is 4. The molecule has 2 fully saturated rings. The fourth-order valence-corrected chi connectivity index (χ4v) is 18.3. The zero-order valence-electron chi connectivity index (χ0n) is 67.8. The molecule has 122 heavy (non-hydrogen) atoms. The highest BCUT2D eigenvalue weighted by molar-refractivity contribution is 8.14. The predicted octanol–water partition coefficient (Wildman–Crippen LogP) is 4.72. The average molecular weight is 1900 g/mol. The lowest BCUT2D eigenvalue weighted by Gasteiger charge is -2.30. The second-order valence-corrected chi connectivity index (χ2v) is 39.8. The first-order valence-electron chi connectivity index (χ1n) is 38.6. The Hall–Kier alpha value is -5.40. The van der Waals surface area contributed by atoms with Gasteiger partial charge >= 0.3 is 46.9 Å². The van der Waals surface area contributed by atoms with E-state index in [0.29, 0.717) is 11.5 Å². The van der Waals surface area contributed by atoms with E-state index >= 15 is 0 Å². The first-order chi connectivity index (χ1) is 57.1. The van der Waals surface area contributed by atoms with Gasteiger partial charge in [-0.1, -0.05) is 154 Å². The van der Waals surface area contributed by atoms with E-state index < -0.39 is 169 Å². The van der Waals surface area contributed by atoms with Gasteiger partial charge < -0.3 is 102 Å². The first-order valence-corrected chi connectivity index (χ1v) is 49.6. The van der Waals surface area contributed by atoms with Crippen LogP contribution < -0.4 is 32.7 Å². The number of imidazole rings is 2. The molecule has 2 saturated heterocycles. The molecule has 48 nitrogen and oxygen atoms in total. The zero-order valence-corrected chi connectivity index (χ0v) is 74.8. The molecular weight excluding hydrogens is 1780 g/mol. The van der Waals surface area contributed by atoms with Crippen LogP contribution in [0.4, 0.5) is 11.6 Å². The number of carbonyl (C=O) groups is 6. The molecule has 6 rings (SSSR count). The summed E-state index contributed by atoms with van der Waals surface area (Å²) in [7, 11) is -32.8. The van der Waals surface area contributed by atoms with Crippen molar-refractivity contribution in [3.8, 4) is 0 Å². The minimum atomic E-state index is -5.57. The number of allylic oxidation sites excluding steroid dienone is 2. The molecule has 0 aliphatic carbocycles. The molecule has 20 N–H and O–H groups in total. The van der Waals surface area contributed by atoms with Gasteiger partial charge in [-0.25, -0.2) is 57.3 Å². The van der Waals surface area contributed by atoms with Gasteiger partial charge in [0.15, 0.2) is 35.4 Å². The highest BCUT2D eigenvalue weighted by Gasteiger charge is 2.53. The summed E-state index contributed by atoms with van der Waals surface area (Å²) >= 11 is 2.12. The van der Waals surface area contributed by atoms with Crippen molar-refractivity contribution in [1.29, 1.82) is 0 Å². The highest BCUT2D eigenvalue weighted by atomic mass is 32.2. The van der Waals surface area contributed by atoms with Gasteiger partial charge in [0.05, 0.1) is 39.1 Å². The smallest absolute Gasteiger partial charge is 0.386 e. The Balaban J connectivity index is 0.000000434. The Morgan fingerprint density at radius 1 is 0.500 bits per heavy atom. The molecule has 4 aromatic rings. The Bertz CT molecular complexity index is 4140. The summed E-state index contributed by atoms with van der Waals surface area (Å²) in [6, 6.07) is 0. The van der Waals surface area contributed by atoms with E-state index in [9.17, 15) is 116 Å². The maximum atomic E-state index is 12.7. The number of aromatic nitrogens is 8. The highest BCUT2D eigenvalue weighted by Crippen LogP contribution is 2.63. The molecule has 2 aliphatic rings. The van der Waals surface area contributed by atoms with E-state index in [1.165, 1.54) is 104 Å². The van der Waals surface area contributed by atoms with E-state index in [4.69, 9.17) is 39.0 Å². The summed E-state index contributed by atoms with van der Waals surface area (Å²) < 4.78 is 125. The standard InChI is InChI=1S/2C33H56N7O17P3S/c2*1-4-5-6-7-8-9-10-11-12-13-24(42)61-17-16-35-23(41)14-15-36-31(45)28(44)33(2,3)19-54-60(51,52)57-59(49,50)53-18-22-27(56-58(46,47)48)26(43)32(55-22)40-21-39-25-29(34)37-20-38-30(25)40/h2*12-13,20-22,26-28,32,43-44H,4-11,14-19H2,1-3H3,(H,35,41)(H,36,45)(H,49,50)(H,51,52)(H2,34,37,38)(H2,46,47,48)/t2*22-,26-,27-,28+,32-/m11/s1. The topological polar surface area (TPSA) is 727 Å². The normalized spacial score (nSPS) is 21.0. The van der Waals surface area contributed by atoms with Gasteiger partial charge in [0.2, 0.25) is 33.9 Å². The lowest BCUT2D eigenvalue weighted by molar-refractivity contribution is -0.137. The third-order valence-electron chi connectivity index (χ3n) is 17.9. The maximum Gasteiger partial charge on any atom is 0.481 e. The van der Waals surface area contributed by atoms with Gasteiger partial charge in [0.25, 0.3) is 0 Å². The summed E-state index contributed by atoms with van der Waals surface area (Å²) in [5.74, 6) is -2.20. The summed E-state index contributed by atoms with van der Waals surface area (Å²) in [5.41, 5.74) is 8.54. The number of phosphoric acid groups is 6. The van der Waals surface area contributed by atoms with E-state index in [1.54, 1.807) is 0 Å². The van der Waals surface area contributed by atoms with Gasteiger partial charge in [0, 0.05) is 61.4 Å². The average Bonchev–Trinajstić information content (AvgIpc) is 1.62. The van der Waals surface area contributed by atoms with E-state index in [1.807, 2.05) is 12.2 Å². The fourth-order valence-electron chi connectivity index (χ4n) is 11.5. The van der Waals surface area contributed by atoms with Crippen LogP contribution >= 0.6 is 70.5 Å². The number of carbonyl (C=O) groups excluding carboxylic acids is 6. The van der Waals surface area contributed by atoms with Gasteiger partial charge in [-0.05, 0) is 37.8 Å². The number of rotatable bonds is 56. The van der Waals surface area contributed by atoms with E-state index in [-0.39, 0.29) is 83.2 Å². The quantitative estimate of drug-likeness (QED) is 0.0161. The number of amides is 4. The predicted molar refractivity (Wildman–Crippen MR) is 438 cm³/mol. The van der Waals surface area contributed by atoms with Gasteiger partial charge in [-0.15, -0.1) is 0 Å². The molecule has 56 heteroatoms. The molecule has 692 valence electrons. The van der Waals surface area contributed by atoms with Crippen LogP contribution in [0.2, 0.25) is 0 Å². The van der Waals surface area contributed by atoms with E-state index in [0.717, 1.165) is 96.5 Å². The molecule has 0 saturated carbocycles. The number of phosphoric ester groups is 6. The third kappa shape index (κ3) is 38.3. The van der Waals surface area contributed by atoms with Crippen LogP contribution in [0.5, 0.6) is 0 Å². The summed E-state index contributed by atoms with van der Waals surface area (Å²) in [6.45, 7) is 5.38. The van der Waals surface area contributed by atoms with Crippen LogP contribution in [0.15, 0.2) is 49.6 Å². The number of nitrogens with one attached hydrogen (secondary N) is 4. The number of hydrogen-bond acceptors (Lipinski definition) is 36. The molecule has 0 aromatic carbocycles. The van der Waals surface area contributed by atoms with Crippen LogP contribution in [0.3, 0.4) is 0 Å². The monoisotopic (exact) mass is 1890 g/mol. The molecule has 0 bridgehead atoms. The number of nitrogens with two attached hydrogens (primary N) is 2. The largest absolute Gasteiger partial charge is 0.481 e. The second-order valence-electron chi connectivity index (χ2n) is 29.1. The van der Waals surface area contributed by atoms with Crippen LogP contribution in [-0.4, -0.2) is 245 Å². The van der Waals surface area contributed by atoms with Crippen molar-refractivity contribution in [1.82, 2.24) is 60.3 Å². The van der Waals surface area contributed by atoms with Crippen molar-refractivity contribution in [3.63, 3.8) is 0 Å². The molecule has 6 heterocycles. The van der Waals surface area contributed by atoms with Crippen molar-refractivity contribution in [2.24, 2.45) is 10.8 Å². The second kappa shape index (κ2) is 51.0. The third-order valence-corrected chi connectivity index (χ3v) is 25.8. The molecular formula is C66H112N14O34P6S2. The lowest BCUT2D eigenvalue weighted by Crippen LogP contribution is -2.46. The number of aliphatic hydroxyl groups is 4. The van der Waals surface area contributed by atoms with Gasteiger partial charge in [-0.2, -0.15) is 8.62 Å². The summed E-state index contributed by atoms with van der Waals surface area (Å²) in [6.07, 6.45) is 11.3. The molecule has 0 radical (unpaired) electrons. The number of unbranched alkanes of at least 4 members (excludes halogenated alkanes) is 14. The number of fused-ring (bicyclic) bond motifs is 2. The lowest BCUT2D eigenvalue weighted by atomic mass is 9.87. The summed E-state index contributed by atoms with van der Waals surface area (Å²) in [4.78, 5) is 176. The Labute approximate surface area is 710 Å². The molecule has 4 aromatic heterocycles. The zero-order chi connectivity index (χ0) is 90.9. The molecule has 0 spiro atoms. The SMILES string of the molecule is CCCCCCCCCC=CC(=O)SCCNC(=O)CCNC(=O)[C@H](O)C(C)(C)COP(=O)(O)OP(=O)(O)OC[C@H]1O[C@@H](n2cnc3c(N)ncnc32)[C@H](O)[C@@H]1OP(=O)(O)O.CCCCCCCCCC=CC(=O)SCCNC(=O)CCNC(=O)[C@H](O)C(C)(C)COP(=O)(O)OP(=O)(O)OC[C@H]1O[C@@H](n2cnc3c(N)ncnc32)[C@H](O)[C@@H]1OP(=O)(O)O. The number of nitrogens with zero attached hydrogens (tertiary/aromatic N) is 8. The van der Waals surface area contributed by atoms with Crippen molar-refractivity contribution in [3.05, 3.63) is 49.6 Å². The van der Waals surface area contributed by atoms with Crippen LogP contribution in [0.25, 0.3) is 22.3 Å². The Kier molecular flexibility index (Phi) is 44.8. The molecule has 4 unspecified atom stereocenters. The molecule has 4 amide bonds. The van der Waals surface area contributed by atoms with E-state index in [2.05, 4.69) is 82.7 Å². The number of hydrogen-bond donors (Lipinski definition) is 18. The Morgan fingerprint density at radius 2 is 0.836 bits per heavy atom. The Morgan fingerprint density at radius 3 is 1.18 bits per heavy atom.